The largest absolute Gasteiger partial charge is 0.495 e. The minimum absolute atomic E-state index is 0.153. The van der Waals surface area contributed by atoms with Gasteiger partial charge in [0.15, 0.2) is 0 Å². The fourth-order valence-corrected chi connectivity index (χ4v) is 4.88. The van der Waals surface area contributed by atoms with Crippen molar-refractivity contribution in [2.45, 2.75) is 19.9 Å². The summed E-state index contributed by atoms with van der Waals surface area (Å²) in [4.78, 5) is 27.8. The third-order valence-corrected chi connectivity index (χ3v) is 7.41. The lowest BCUT2D eigenvalue weighted by Gasteiger charge is -2.38. The number of nitrogens with one attached hydrogen (secondary N) is 2. The average molecular weight is 575 g/mol. The molecule has 208 valence electrons. The van der Waals surface area contributed by atoms with Crippen LogP contribution in [0, 0.1) is 0 Å². The summed E-state index contributed by atoms with van der Waals surface area (Å²) in [6.07, 6.45) is 1.39. The number of nitrogens with zero attached hydrogens (tertiary/aromatic N) is 5. The number of urea groups is 1. The molecule has 4 rings (SSSR count). The minimum atomic E-state index is -0.513. The van der Waals surface area contributed by atoms with Crippen molar-refractivity contribution in [1.82, 2.24) is 14.9 Å². The van der Waals surface area contributed by atoms with Gasteiger partial charge in [-0.3, -0.25) is 9.80 Å². The van der Waals surface area contributed by atoms with Gasteiger partial charge < -0.3 is 25.0 Å². The highest BCUT2D eigenvalue weighted by atomic mass is 35.5. The Morgan fingerprint density at radius 1 is 0.974 bits per heavy atom. The fraction of sp³-hybridized carbons (Fsp3) is 0.370. The van der Waals surface area contributed by atoms with Gasteiger partial charge in [-0.25, -0.2) is 14.8 Å². The second kappa shape index (κ2) is 12.6. The lowest BCUT2D eigenvalue weighted by atomic mass is 10.2. The molecular formula is C27H33Cl2N7O3. The van der Waals surface area contributed by atoms with Crippen molar-refractivity contribution in [2.75, 3.05) is 67.9 Å². The van der Waals surface area contributed by atoms with Crippen molar-refractivity contribution in [2.24, 2.45) is 0 Å². The summed E-state index contributed by atoms with van der Waals surface area (Å²) in [5.41, 5.74) is 2.23. The maximum Gasteiger partial charge on any atom is 0.327 e. The SMILES string of the molecule is COc1cc(OC)c(Cl)c(NC(=O)N(C)c2cc(Nc3ccc(N4CCN(C(C)C)CC4)cc3)ncn2)c1Cl. The lowest BCUT2D eigenvalue weighted by molar-refractivity contribution is 0.209. The van der Waals surface area contributed by atoms with Crippen LogP contribution in [-0.2, 0) is 0 Å². The maximum atomic E-state index is 13.1. The van der Waals surface area contributed by atoms with Gasteiger partial charge in [0.2, 0.25) is 0 Å². The first-order chi connectivity index (χ1) is 18.7. The van der Waals surface area contributed by atoms with Crippen molar-refractivity contribution in [1.29, 1.82) is 0 Å². The molecule has 0 aliphatic carbocycles. The van der Waals surface area contributed by atoms with Crippen molar-refractivity contribution in [3.63, 3.8) is 0 Å². The third kappa shape index (κ3) is 6.58. The summed E-state index contributed by atoms with van der Waals surface area (Å²) in [5, 5.41) is 6.30. The summed E-state index contributed by atoms with van der Waals surface area (Å²) in [5.74, 6) is 1.53. The van der Waals surface area contributed by atoms with E-state index in [1.54, 1.807) is 19.2 Å². The Morgan fingerprint density at radius 2 is 1.59 bits per heavy atom. The smallest absolute Gasteiger partial charge is 0.327 e. The summed E-state index contributed by atoms with van der Waals surface area (Å²) in [7, 11) is 4.50. The Hall–Kier alpha value is -3.47. The van der Waals surface area contributed by atoms with E-state index in [1.807, 2.05) is 12.1 Å². The summed E-state index contributed by atoms with van der Waals surface area (Å²) < 4.78 is 10.5. The van der Waals surface area contributed by atoms with E-state index in [2.05, 4.69) is 56.4 Å². The molecular weight excluding hydrogens is 541 g/mol. The van der Waals surface area contributed by atoms with Crippen LogP contribution in [0.4, 0.5) is 33.5 Å². The van der Waals surface area contributed by atoms with E-state index in [0.29, 0.717) is 29.2 Å². The van der Waals surface area contributed by atoms with E-state index in [1.165, 1.54) is 31.1 Å². The molecule has 3 aromatic rings. The predicted octanol–water partition coefficient (Wildman–Crippen LogP) is 5.74. The van der Waals surface area contributed by atoms with Gasteiger partial charge in [-0.05, 0) is 38.1 Å². The Kier molecular flexibility index (Phi) is 9.21. The number of carbonyl (C=O) groups excluding carboxylic acids is 1. The lowest BCUT2D eigenvalue weighted by Crippen LogP contribution is -2.48. The number of anilines is 5. The molecule has 39 heavy (non-hydrogen) atoms. The highest BCUT2D eigenvalue weighted by Crippen LogP contribution is 2.44. The number of carbonyl (C=O) groups is 1. The van der Waals surface area contributed by atoms with Gasteiger partial charge in [-0.15, -0.1) is 0 Å². The second-order valence-corrected chi connectivity index (χ2v) is 10.1. The molecule has 12 heteroatoms. The second-order valence-electron chi connectivity index (χ2n) is 9.32. The van der Waals surface area contributed by atoms with E-state index in [0.717, 1.165) is 31.9 Å². The number of aromatic nitrogens is 2. The number of benzene rings is 2. The Balaban J connectivity index is 1.42. The molecule has 0 atom stereocenters. The number of hydrogen-bond donors (Lipinski definition) is 2. The average Bonchev–Trinajstić information content (AvgIpc) is 2.95. The van der Waals surface area contributed by atoms with Gasteiger partial charge in [-0.2, -0.15) is 0 Å². The first kappa shape index (κ1) is 28.5. The highest BCUT2D eigenvalue weighted by Gasteiger charge is 2.22. The Bertz CT molecular complexity index is 1270. The molecule has 2 heterocycles. The monoisotopic (exact) mass is 573 g/mol. The zero-order valence-corrected chi connectivity index (χ0v) is 24.2. The van der Waals surface area contributed by atoms with E-state index < -0.39 is 6.03 Å². The van der Waals surface area contributed by atoms with Crippen molar-refractivity contribution >= 4 is 57.9 Å². The highest BCUT2D eigenvalue weighted by molar-refractivity contribution is 6.41. The van der Waals surface area contributed by atoms with Crippen molar-refractivity contribution < 1.29 is 14.3 Å². The number of rotatable bonds is 8. The van der Waals surface area contributed by atoms with E-state index in [4.69, 9.17) is 32.7 Å². The fourth-order valence-electron chi connectivity index (χ4n) is 4.29. The van der Waals surface area contributed by atoms with Gasteiger partial charge in [-0.1, -0.05) is 23.2 Å². The summed E-state index contributed by atoms with van der Waals surface area (Å²) >= 11 is 12.8. The van der Waals surface area contributed by atoms with E-state index in [-0.39, 0.29) is 15.7 Å². The zero-order valence-electron chi connectivity index (χ0n) is 22.7. The Morgan fingerprint density at radius 3 is 2.15 bits per heavy atom. The van der Waals surface area contributed by atoms with E-state index in [9.17, 15) is 4.79 Å². The molecule has 1 aromatic heterocycles. The molecule has 0 radical (unpaired) electrons. The predicted molar refractivity (Wildman–Crippen MR) is 158 cm³/mol. The van der Waals surface area contributed by atoms with E-state index >= 15 is 0 Å². The molecule has 2 N–H and O–H groups in total. The van der Waals surface area contributed by atoms with Gasteiger partial charge >= 0.3 is 6.03 Å². The first-order valence-corrected chi connectivity index (χ1v) is 13.3. The van der Waals surface area contributed by atoms with Crippen LogP contribution >= 0.6 is 23.2 Å². The van der Waals surface area contributed by atoms with Crippen LogP contribution in [0.3, 0.4) is 0 Å². The molecule has 0 spiro atoms. The van der Waals surface area contributed by atoms with Gasteiger partial charge in [0.25, 0.3) is 0 Å². The molecule has 2 amide bonds. The van der Waals surface area contributed by atoms with Gasteiger partial charge in [0.05, 0.1) is 19.9 Å². The standard InChI is InChI=1S/C27H33Cl2N7O3/c1-17(2)35-10-12-36(13-11-35)19-8-6-18(7-9-19)32-22-15-23(31-16-30-22)34(3)27(37)33-26-24(28)20(38-4)14-21(39-5)25(26)29/h6-9,14-17H,10-13H2,1-5H3,(H,33,37)(H,30,31,32). The summed E-state index contributed by atoms with van der Waals surface area (Å²) in [6.45, 7) is 8.62. The van der Waals surface area contributed by atoms with Crippen LogP contribution in [0.2, 0.25) is 10.0 Å². The molecule has 1 saturated heterocycles. The molecule has 0 unspecified atom stereocenters. The number of amides is 2. The van der Waals surface area contributed by atoms with Crippen LogP contribution in [0.25, 0.3) is 0 Å². The quantitative estimate of drug-likeness (QED) is 0.352. The van der Waals surface area contributed by atoms with Crippen molar-refractivity contribution in [3.05, 3.63) is 52.8 Å². The van der Waals surface area contributed by atoms with Crippen LogP contribution in [0.1, 0.15) is 13.8 Å². The molecule has 0 bridgehead atoms. The van der Waals surface area contributed by atoms with Crippen LogP contribution < -0.4 is 29.9 Å². The van der Waals surface area contributed by atoms with Crippen LogP contribution in [0.5, 0.6) is 11.5 Å². The molecule has 1 aliphatic heterocycles. The first-order valence-electron chi connectivity index (χ1n) is 12.5. The number of ether oxygens (including phenoxy) is 2. The minimum Gasteiger partial charge on any atom is -0.495 e. The molecule has 10 nitrogen and oxygen atoms in total. The molecule has 0 saturated carbocycles. The molecule has 1 aliphatic rings. The summed E-state index contributed by atoms with van der Waals surface area (Å²) in [6, 6.07) is 11.5. The third-order valence-electron chi connectivity index (χ3n) is 6.66. The normalized spacial score (nSPS) is 13.8. The van der Waals surface area contributed by atoms with Gasteiger partial charge in [0, 0.05) is 62.8 Å². The number of piperazine rings is 1. The molecule has 1 fully saturated rings. The zero-order chi connectivity index (χ0) is 28.1. The molecule has 2 aromatic carbocycles. The van der Waals surface area contributed by atoms with Crippen LogP contribution in [0.15, 0.2) is 42.7 Å². The number of methoxy groups -OCH3 is 2. The van der Waals surface area contributed by atoms with Crippen LogP contribution in [-0.4, -0.2) is 74.4 Å². The number of hydrogen-bond acceptors (Lipinski definition) is 8. The topological polar surface area (TPSA) is 95.1 Å². The van der Waals surface area contributed by atoms with Gasteiger partial charge in [0.1, 0.15) is 39.5 Å². The number of halogens is 2. The van der Waals surface area contributed by atoms with Crippen molar-refractivity contribution in [3.8, 4) is 11.5 Å². The Labute approximate surface area is 238 Å². The maximum absolute atomic E-state index is 13.1.